The van der Waals surface area contributed by atoms with Crippen LogP contribution in [0.15, 0.2) is 24.3 Å². The van der Waals surface area contributed by atoms with E-state index in [2.05, 4.69) is 43.0 Å². The molecule has 136 valence electrons. The highest BCUT2D eigenvalue weighted by molar-refractivity contribution is 6.61. The SMILES string of the molecule is CC1(C)COB(c2ccc(CN3CCC4(CC3)OCCO4)cc2)OC1. The van der Waals surface area contributed by atoms with Gasteiger partial charge in [-0.15, -0.1) is 0 Å². The van der Waals surface area contributed by atoms with Crippen LogP contribution in [-0.2, 0) is 25.3 Å². The molecule has 25 heavy (non-hydrogen) atoms. The van der Waals surface area contributed by atoms with E-state index in [9.17, 15) is 0 Å². The lowest BCUT2D eigenvalue weighted by Gasteiger charge is -2.37. The third-order valence-corrected chi connectivity index (χ3v) is 5.34. The molecule has 4 rings (SSSR count). The maximum absolute atomic E-state index is 5.86. The second kappa shape index (κ2) is 7.01. The summed E-state index contributed by atoms with van der Waals surface area (Å²) in [6.07, 6.45) is 1.93. The predicted octanol–water partition coefficient (Wildman–Crippen LogP) is 1.79. The summed E-state index contributed by atoms with van der Waals surface area (Å²) in [7, 11) is -0.228. The molecule has 3 fully saturated rings. The van der Waals surface area contributed by atoms with Crippen LogP contribution in [0, 0.1) is 5.41 Å². The van der Waals surface area contributed by atoms with Gasteiger partial charge >= 0.3 is 7.12 Å². The third kappa shape index (κ3) is 4.09. The zero-order valence-corrected chi connectivity index (χ0v) is 15.3. The summed E-state index contributed by atoms with van der Waals surface area (Å²) in [6, 6.07) is 8.64. The van der Waals surface area contributed by atoms with Crippen LogP contribution in [0.4, 0.5) is 0 Å². The topological polar surface area (TPSA) is 40.2 Å². The Labute approximate surface area is 150 Å². The summed E-state index contributed by atoms with van der Waals surface area (Å²) in [5.74, 6) is -0.288. The standard InChI is InChI=1S/C19H28BNO4/c1-18(2)14-24-20(25-15-18)17-5-3-16(4-6-17)13-21-9-7-19(8-10-21)22-11-12-23-19/h3-6H,7-15H2,1-2H3. The van der Waals surface area contributed by atoms with Crippen molar-refractivity contribution in [2.45, 2.75) is 39.0 Å². The lowest BCUT2D eigenvalue weighted by Crippen LogP contribution is -2.47. The maximum atomic E-state index is 5.86. The number of benzene rings is 1. The maximum Gasteiger partial charge on any atom is 0.493 e. The van der Waals surface area contributed by atoms with E-state index in [1.165, 1.54) is 5.56 Å². The van der Waals surface area contributed by atoms with E-state index in [1.54, 1.807) is 0 Å². The zero-order valence-electron chi connectivity index (χ0n) is 15.3. The molecule has 0 radical (unpaired) electrons. The molecule has 0 N–H and O–H groups in total. The molecule has 1 aromatic carbocycles. The van der Waals surface area contributed by atoms with Crippen LogP contribution in [0.1, 0.15) is 32.3 Å². The molecule has 3 saturated heterocycles. The van der Waals surface area contributed by atoms with Crippen molar-refractivity contribution in [3.8, 4) is 0 Å². The summed E-state index contributed by atoms with van der Waals surface area (Å²) < 4.78 is 23.3. The second-order valence-electron chi connectivity index (χ2n) is 8.24. The minimum absolute atomic E-state index is 0.106. The number of rotatable bonds is 3. The highest BCUT2D eigenvalue weighted by Gasteiger charge is 2.39. The molecule has 3 heterocycles. The first-order valence-corrected chi connectivity index (χ1v) is 9.36. The molecule has 1 aromatic rings. The fraction of sp³-hybridized carbons (Fsp3) is 0.684. The normalized spacial score (nSPS) is 26.2. The van der Waals surface area contributed by atoms with Crippen LogP contribution >= 0.6 is 0 Å². The van der Waals surface area contributed by atoms with Gasteiger partial charge in [0.05, 0.1) is 13.2 Å². The van der Waals surface area contributed by atoms with Gasteiger partial charge in [0.2, 0.25) is 0 Å². The second-order valence-corrected chi connectivity index (χ2v) is 8.24. The van der Waals surface area contributed by atoms with Crippen LogP contribution in [0.2, 0.25) is 0 Å². The molecule has 0 amide bonds. The molecule has 0 unspecified atom stereocenters. The fourth-order valence-electron chi connectivity index (χ4n) is 3.76. The Morgan fingerprint density at radius 2 is 1.56 bits per heavy atom. The Balaban J connectivity index is 1.29. The predicted molar refractivity (Wildman–Crippen MR) is 96.7 cm³/mol. The van der Waals surface area contributed by atoms with E-state index < -0.39 is 0 Å². The Hall–Kier alpha value is -0.915. The number of piperidine rings is 1. The smallest absolute Gasteiger partial charge is 0.407 e. The summed E-state index contributed by atoms with van der Waals surface area (Å²) in [5, 5.41) is 0. The van der Waals surface area contributed by atoms with E-state index in [0.29, 0.717) is 0 Å². The summed E-state index contributed by atoms with van der Waals surface area (Å²) >= 11 is 0. The fourth-order valence-corrected chi connectivity index (χ4v) is 3.76. The van der Waals surface area contributed by atoms with Crippen LogP contribution in [0.5, 0.6) is 0 Å². The lowest BCUT2D eigenvalue weighted by molar-refractivity contribution is -0.185. The largest absolute Gasteiger partial charge is 0.493 e. The van der Waals surface area contributed by atoms with E-state index in [4.69, 9.17) is 18.8 Å². The van der Waals surface area contributed by atoms with E-state index in [0.717, 1.165) is 64.4 Å². The Kier molecular flexibility index (Phi) is 4.90. The number of ether oxygens (including phenoxy) is 2. The van der Waals surface area contributed by atoms with Crippen LogP contribution in [0.3, 0.4) is 0 Å². The van der Waals surface area contributed by atoms with Crippen molar-refractivity contribution in [3.63, 3.8) is 0 Å². The number of hydrogen-bond donors (Lipinski definition) is 0. The first kappa shape index (κ1) is 17.5. The van der Waals surface area contributed by atoms with Gasteiger partial charge in [-0.3, -0.25) is 4.90 Å². The first-order chi connectivity index (χ1) is 12.0. The lowest BCUT2D eigenvalue weighted by atomic mass is 9.75. The zero-order chi connectivity index (χ0) is 17.3. The minimum Gasteiger partial charge on any atom is -0.407 e. The molecule has 5 nitrogen and oxygen atoms in total. The van der Waals surface area contributed by atoms with Gasteiger partial charge < -0.3 is 18.8 Å². The van der Waals surface area contributed by atoms with E-state index >= 15 is 0 Å². The van der Waals surface area contributed by atoms with Crippen molar-refractivity contribution in [2.75, 3.05) is 39.5 Å². The molecule has 3 aliphatic rings. The van der Waals surface area contributed by atoms with Crippen molar-refractivity contribution in [1.82, 2.24) is 4.90 Å². The highest BCUT2D eigenvalue weighted by Crippen LogP contribution is 2.31. The molecular formula is C19H28BNO4. The van der Waals surface area contributed by atoms with E-state index in [-0.39, 0.29) is 18.3 Å². The summed E-state index contributed by atoms with van der Waals surface area (Å²) in [4.78, 5) is 2.47. The van der Waals surface area contributed by atoms with Gasteiger partial charge in [-0.2, -0.15) is 0 Å². The Morgan fingerprint density at radius 3 is 2.16 bits per heavy atom. The van der Waals surface area contributed by atoms with Gasteiger partial charge in [0.1, 0.15) is 0 Å². The first-order valence-electron chi connectivity index (χ1n) is 9.36. The van der Waals surface area contributed by atoms with Crippen molar-refractivity contribution in [3.05, 3.63) is 29.8 Å². The van der Waals surface area contributed by atoms with Crippen LogP contribution in [-0.4, -0.2) is 57.3 Å². The monoisotopic (exact) mass is 345 g/mol. The van der Waals surface area contributed by atoms with Gasteiger partial charge in [0, 0.05) is 51.1 Å². The Bertz CT molecular complexity index is 566. The number of likely N-dealkylation sites (tertiary alicyclic amines) is 1. The molecule has 0 aliphatic carbocycles. The van der Waals surface area contributed by atoms with Gasteiger partial charge in [-0.05, 0) is 11.0 Å². The molecule has 0 aromatic heterocycles. The highest BCUT2D eigenvalue weighted by atomic mass is 16.7. The Morgan fingerprint density at radius 1 is 0.960 bits per heavy atom. The quantitative estimate of drug-likeness (QED) is 0.782. The van der Waals surface area contributed by atoms with Crippen LogP contribution in [0.25, 0.3) is 0 Å². The van der Waals surface area contributed by atoms with Gasteiger partial charge in [0.15, 0.2) is 5.79 Å². The summed E-state index contributed by atoms with van der Waals surface area (Å²) in [5.41, 5.74) is 2.53. The number of nitrogens with zero attached hydrogens (tertiary/aromatic N) is 1. The molecule has 0 bridgehead atoms. The molecule has 0 atom stereocenters. The van der Waals surface area contributed by atoms with Crippen molar-refractivity contribution >= 4 is 12.6 Å². The molecule has 1 spiro atoms. The van der Waals surface area contributed by atoms with Gasteiger partial charge in [0.25, 0.3) is 0 Å². The molecule has 6 heteroatoms. The molecular weight excluding hydrogens is 317 g/mol. The molecule has 0 saturated carbocycles. The number of hydrogen-bond acceptors (Lipinski definition) is 5. The van der Waals surface area contributed by atoms with Crippen molar-refractivity contribution in [2.24, 2.45) is 5.41 Å². The van der Waals surface area contributed by atoms with Gasteiger partial charge in [-0.1, -0.05) is 38.1 Å². The minimum atomic E-state index is -0.288. The van der Waals surface area contributed by atoms with Crippen molar-refractivity contribution in [1.29, 1.82) is 0 Å². The average molecular weight is 345 g/mol. The van der Waals surface area contributed by atoms with Gasteiger partial charge in [-0.25, -0.2) is 0 Å². The average Bonchev–Trinajstić information content (AvgIpc) is 3.06. The van der Waals surface area contributed by atoms with Crippen LogP contribution < -0.4 is 5.46 Å². The third-order valence-electron chi connectivity index (χ3n) is 5.34. The summed E-state index contributed by atoms with van der Waals surface area (Å²) in [6.45, 7) is 10.3. The van der Waals surface area contributed by atoms with Crippen molar-refractivity contribution < 1.29 is 18.8 Å². The van der Waals surface area contributed by atoms with E-state index in [1.807, 2.05) is 0 Å². The molecule has 3 aliphatic heterocycles.